The van der Waals surface area contributed by atoms with E-state index in [-0.39, 0.29) is 18.3 Å². The highest BCUT2D eigenvalue weighted by atomic mass is 35.5. The largest absolute Gasteiger partial charge is 0.344 e. The lowest BCUT2D eigenvalue weighted by Crippen LogP contribution is -2.31. The van der Waals surface area contributed by atoms with Gasteiger partial charge in [-0.1, -0.05) is 23.7 Å². The van der Waals surface area contributed by atoms with E-state index >= 15 is 0 Å². The molecule has 0 unspecified atom stereocenters. The van der Waals surface area contributed by atoms with E-state index in [2.05, 4.69) is 20.4 Å². The van der Waals surface area contributed by atoms with Crippen LogP contribution in [0, 0.1) is 10.6 Å². The number of carbonyl (C=O) groups excluding carboxylic acids is 1. The zero-order valence-electron chi connectivity index (χ0n) is 17.9. The number of likely N-dealkylation sites (N-methyl/N-ethyl adjacent to an activating group) is 1. The molecule has 0 saturated carbocycles. The summed E-state index contributed by atoms with van der Waals surface area (Å²) in [5, 5.41) is 14.9. The molecule has 2 N–H and O–H groups in total. The molecule has 4 rings (SSSR count). The number of nitrogens with one attached hydrogen (secondary N) is 2. The van der Waals surface area contributed by atoms with Gasteiger partial charge in [-0.05, 0) is 67.5 Å². The fourth-order valence-corrected chi connectivity index (χ4v) is 3.78. The molecule has 0 saturated heterocycles. The van der Waals surface area contributed by atoms with E-state index in [0.717, 1.165) is 23.2 Å². The summed E-state index contributed by atoms with van der Waals surface area (Å²) in [7, 11) is 1.76. The maximum absolute atomic E-state index is 13.4. The first-order valence-corrected chi connectivity index (χ1v) is 11.1. The summed E-state index contributed by atoms with van der Waals surface area (Å²) in [4.78, 5) is 14.5. The Morgan fingerprint density at radius 1 is 1.12 bits per heavy atom. The average Bonchev–Trinajstić information content (AvgIpc) is 3.41. The zero-order valence-corrected chi connectivity index (χ0v) is 19.5. The van der Waals surface area contributed by atoms with Gasteiger partial charge in [0.15, 0.2) is 10.6 Å². The normalized spacial score (nSPS) is 11.0. The van der Waals surface area contributed by atoms with Gasteiger partial charge in [-0.2, -0.15) is 10.2 Å². The fraction of sp³-hybridized carbons (Fsp3) is 0.217. The van der Waals surface area contributed by atoms with Gasteiger partial charge < -0.3 is 4.90 Å². The third-order valence-electron chi connectivity index (χ3n) is 5.27. The molecule has 0 radical (unpaired) electrons. The van der Waals surface area contributed by atoms with Crippen molar-refractivity contribution in [2.75, 3.05) is 13.6 Å². The molecular weight excluding hydrogens is 463 g/mol. The summed E-state index contributed by atoms with van der Waals surface area (Å²) in [5.41, 5.74) is 3.16. The van der Waals surface area contributed by atoms with Gasteiger partial charge in [0, 0.05) is 35.4 Å². The van der Waals surface area contributed by atoms with Crippen molar-refractivity contribution in [3.63, 3.8) is 0 Å². The molecule has 0 aliphatic rings. The number of carbonyl (C=O) groups is 1. The van der Waals surface area contributed by atoms with Crippen molar-refractivity contribution in [2.45, 2.75) is 19.4 Å². The molecule has 0 fully saturated rings. The molecule has 0 spiro atoms. The number of rotatable bonds is 8. The summed E-state index contributed by atoms with van der Waals surface area (Å²) in [6.07, 6.45) is 1.45. The monoisotopic (exact) mass is 484 g/mol. The van der Waals surface area contributed by atoms with Crippen LogP contribution in [0.4, 0.5) is 4.39 Å². The second-order valence-corrected chi connectivity index (χ2v) is 8.48. The van der Waals surface area contributed by atoms with Crippen LogP contribution < -0.4 is 0 Å². The molecule has 4 aromatic rings. The SMILES string of the molecule is CN(CCCc1cc(-c2cccc(F)c2)n[nH]1)C(=O)Cn1c(-c2ccc(Cl)cc2)n[nH]c1=S. The fourth-order valence-electron chi connectivity index (χ4n) is 3.46. The van der Waals surface area contributed by atoms with Gasteiger partial charge >= 0.3 is 0 Å². The van der Waals surface area contributed by atoms with E-state index in [1.54, 1.807) is 34.7 Å². The lowest BCUT2D eigenvalue weighted by atomic mass is 10.1. The first-order chi connectivity index (χ1) is 15.9. The second-order valence-electron chi connectivity index (χ2n) is 7.65. The molecule has 7 nitrogen and oxygen atoms in total. The number of nitrogens with zero attached hydrogens (tertiary/aromatic N) is 4. The van der Waals surface area contributed by atoms with Crippen LogP contribution in [-0.2, 0) is 17.8 Å². The van der Waals surface area contributed by atoms with Crippen molar-refractivity contribution in [1.29, 1.82) is 0 Å². The highest BCUT2D eigenvalue weighted by Crippen LogP contribution is 2.21. The van der Waals surface area contributed by atoms with Crippen molar-refractivity contribution in [3.05, 3.63) is 75.9 Å². The van der Waals surface area contributed by atoms with Gasteiger partial charge in [0.05, 0.1) is 5.69 Å². The topological polar surface area (TPSA) is 82.6 Å². The highest BCUT2D eigenvalue weighted by molar-refractivity contribution is 7.71. The van der Waals surface area contributed by atoms with Crippen molar-refractivity contribution >= 4 is 29.7 Å². The van der Waals surface area contributed by atoms with Crippen LogP contribution in [0.25, 0.3) is 22.6 Å². The number of halogens is 2. The number of benzene rings is 2. The van der Waals surface area contributed by atoms with E-state index in [4.69, 9.17) is 23.8 Å². The number of aromatic nitrogens is 5. The maximum Gasteiger partial charge on any atom is 0.242 e. The lowest BCUT2D eigenvalue weighted by Gasteiger charge is -2.17. The van der Waals surface area contributed by atoms with Crippen LogP contribution in [0.2, 0.25) is 5.02 Å². The van der Waals surface area contributed by atoms with Gasteiger partial charge in [-0.15, -0.1) is 0 Å². The van der Waals surface area contributed by atoms with Crippen molar-refractivity contribution < 1.29 is 9.18 Å². The predicted molar refractivity (Wildman–Crippen MR) is 128 cm³/mol. The number of aromatic amines is 2. The number of hydrogen-bond acceptors (Lipinski definition) is 4. The van der Waals surface area contributed by atoms with E-state index in [1.807, 2.05) is 24.3 Å². The highest BCUT2D eigenvalue weighted by Gasteiger charge is 2.15. The van der Waals surface area contributed by atoms with Gasteiger partial charge in [0.2, 0.25) is 5.91 Å². The van der Waals surface area contributed by atoms with Gasteiger partial charge in [0.25, 0.3) is 0 Å². The Balaban J connectivity index is 1.33. The molecule has 170 valence electrons. The maximum atomic E-state index is 13.4. The number of amides is 1. The average molecular weight is 485 g/mol. The number of H-pyrrole nitrogens is 2. The number of hydrogen-bond donors (Lipinski definition) is 2. The van der Waals surface area contributed by atoms with Crippen molar-refractivity contribution in [2.24, 2.45) is 0 Å². The summed E-state index contributed by atoms with van der Waals surface area (Å²) >= 11 is 11.3. The molecule has 2 aromatic heterocycles. The minimum Gasteiger partial charge on any atom is -0.344 e. The third kappa shape index (κ3) is 5.55. The standard InChI is InChI=1S/C23H22ClFN6OS/c1-30(11-3-6-19-13-20(27-26-19)16-4-2-5-18(25)12-16)21(32)14-31-22(28-29-23(31)33)15-7-9-17(24)10-8-15/h2,4-5,7-10,12-13H,3,6,11,14H2,1H3,(H,26,27)(H,29,33). The number of aryl methyl sites for hydroxylation is 1. The molecule has 10 heteroatoms. The Kier molecular flexibility index (Phi) is 7.00. The van der Waals surface area contributed by atoms with Crippen molar-refractivity contribution in [3.8, 4) is 22.6 Å². The van der Waals surface area contributed by atoms with Gasteiger partial charge in [0.1, 0.15) is 12.4 Å². The summed E-state index contributed by atoms with van der Waals surface area (Å²) in [6, 6.07) is 15.4. The van der Waals surface area contributed by atoms with E-state index in [0.29, 0.717) is 34.3 Å². The lowest BCUT2D eigenvalue weighted by molar-refractivity contribution is -0.130. The van der Waals surface area contributed by atoms with Crippen LogP contribution >= 0.6 is 23.8 Å². The molecule has 0 atom stereocenters. The molecule has 1 amide bonds. The first kappa shape index (κ1) is 22.9. The predicted octanol–water partition coefficient (Wildman–Crippen LogP) is 4.88. The molecule has 33 heavy (non-hydrogen) atoms. The van der Waals surface area contributed by atoms with Crippen molar-refractivity contribution in [1.82, 2.24) is 29.9 Å². The van der Waals surface area contributed by atoms with Crippen LogP contribution in [0.15, 0.2) is 54.6 Å². The van der Waals surface area contributed by atoms with E-state index in [9.17, 15) is 9.18 Å². The summed E-state index contributed by atoms with van der Waals surface area (Å²) < 4.78 is 15.5. The Bertz CT molecular complexity index is 1310. The molecule has 2 aromatic carbocycles. The zero-order chi connectivity index (χ0) is 23.4. The molecule has 2 heterocycles. The molecule has 0 aliphatic carbocycles. The first-order valence-electron chi connectivity index (χ1n) is 10.4. The Hall–Kier alpha value is -3.30. The minimum absolute atomic E-state index is 0.0761. The summed E-state index contributed by atoms with van der Waals surface area (Å²) in [5.74, 6) is 0.211. The molecular formula is C23H22ClFN6OS. The van der Waals surface area contributed by atoms with E-state index in [1.165, 1.54) is 12.1 Å². The van der Waals surface area contributed by atoms with Crippen LogP contribution in [0.3, 0.4) is 0 Å². The van der Waals surface area contributed by atoms with Gasteiger partial charge in [-0.25, -0.2) is 4.39 Å². The molecule has 0 bridgehead atoms. The smallest absolute Gasteiger partial charge is 0.242 e. The Morgan fingerprint density at radius 2 is 1.91 bits per heavy atom. The van der Waals surface area contributed by atoms with Crippen LogP contribution in [-0.4, -0.2) is 49.4 Å². The Labute approximate surface area is 200 Å². The van der Waals surface area contributed by atoms with Crippen LogP contribution in [0.5, 0.6) is 0 Å². The summed E-state index contributed by atoms with van der Waals surface area (Å²) in [6.45, 7) is 0.645. The quantitative estimate of drug-likeness (QED) is 0.349. The third-order valence-corrected chi connectivity index (χ3v) is 5.83. The second kappa shape index (κ2) is 10.1. The van der Waals surface area contributed by atoms with Crippen LogP contribution in [0.1, 0.15) is 12.1 Å². The molecule has 0 aliphatic heterocycles. The Morgan fingerprint density at radius 3 is 2.67 bits per heavy atom. The minimum atomic E-state index is -0.297. The van der Waals surface area contributed by atoms with Gasteiger partial charge in [-0.3, -0.25) is 19.6 Å². The van der Waals surface area contributed by atoms with E-state index < -0.39 is 0 Å².